The van der Waals surface area contributed by atoms with Gasteiger partial charge in [-0.25, -0.2) is 0 Å². The van der Waals surface area contributed by atoms with E-state index in [9.17, 15) is 40.2 Å². The zero-order chi connectivity index (χ0) is 47.8. The molecule has 0 aromatic carbocycles. The molecular weight excluding hydrogens is 838 g/mol. The fourth-order valence-electron chi connectivity index (χ4n) is 9.70. The van der Waals surface area contributed by atoms with Crippen molar-refractivity contribution in [3.8, 4) is 0 Å². The van der Waals surface area contributed by atoms with Gasteiger partial charge in [0.05, 0.1) is 63.2 Å². The topological polar surface area (TPSA) is 243 Å². The SMILES string of the molecule is CC[C@H]1OC(=O)C[C@@H](O)[C@H](C)[C@@H](O[C@@H]2O[C@H](C)[C@@H](O[C@H]3C[C@@](C)(O)[C@@H](O)[C@H](C)O3)[C@H]([NH+](C)C)[C@H]2O)[C@@H](CCO)C[C@@H](C)C(=O)/C=C/C(C)=C/[C@@H]1CO[C@@H]1O[C@H](C)[C@@H](O)[C@@H](OC)[C@H]1OC. The third-order valence-electron chi connectivity index (χ3n) is 13.6. The van der Waals surface area contributed by atoms with E-state index in [1.165, 1.54) is 27.2 Å². The van der Waals surface area contributed by atoms with Crippen molar-refractivity contribution in [2.75, 3.05) is 41.5 Å². The first kappa shape index (κ1) is 54.6. The average molecular weight is 919 g/mol. The summed E-state index contributed by atoms with van der Waals surface area (Å²) in [6.45, 7) is 13.6. The molecule has 4 rings (SSSR count). The summed E-state index contributed by atoms with van der Waals surface area (Å²) in [6, 6.07) is -0.645. The van der Waals surface area contributed by atoms with E-state index in [2.05, 4.69) is 0 Å². The molecule has 64 heavy (non-hydrogen) atoms. The zero-order valence-electron chi connectivity index (χ0n) is 39.9. The van der Waals surface area contributed by atoms with Gasteiger partial charge in [0.15, 0.2) is 30.8 Å². The number of nitrogens with one attached hydrogen (secondary N) is 1. The molecule has 0 aliphatic carbocycles. The van der Waals surface area contributed by atoms with Crippen LogP contribution in [0.1, 0.15) is 87.5 Å². The van der Waals surface area contributed by atoms with E-state index in [1.807, 2.05) is 34.0 Å². The van der Waals surface area contributed by atoms with E-state index >= 15 is 0 Å². The number of ether oxygens (including phenoxy) is 9. The van der Waals surface area contributed by atoms with Gasteiger partial charge in [0.2, 0.25) is 0 Å². The lowest BCUT2D eigenvalue weighted by Gasteiger charge is -2.48. The number of carbonyl (C=O) groups is 2. The quantitative estimate of drug-likeness (QED) is 0.122. The Morgan fingerprint density at radius 2 is 1.50 bits per heavy atom. The van der Waals surface area contributed by atoms with Crippen molar-refractivity contribution in [2.45, 2.75) is 191 Å². The number of likely N-dealkylation sites (N-methyl/N-ethyl adjacent to an activating group) is 1. The molecule has 18 heteroatoms. The van der Waals surface area contributed by atoms with Crippen LogP contribution in [0, 0.1) is 23.7 Å². The zero-order valence-corrected chi connectivity index (χ0v) is 39.9. The van der Waals surface area contributed by atoms with E-state index in [0.717, 1.165) is 4.90 Å². The van der Waals surface area contributed by atoms with Crippen molar-refractivity contribution in [3.05, 3.63) is 23.8 Å². The van der Waals surface area contributed by atoms with Gasteiger partial charge in [-0.1, -0.05) is 38.5 Å². The molecule has 0 saturated carbocycles. The van der Waals surface area contributed by atoms with E-state index in [0.29, 0.717) is 12.0 Å². The van der Waals surface area contributed by atoms with Crippen LogP contribution in [0.2, 0.25) is 0 Å². The molecule has 370 valence electrons. The predicted octanol–water partition coefficient (Wildman–Crippen LogP) is 0.210. The number of allylic oxidation sites excluding steroid dienone is 3. The third-order valence-corrected chi connectivity index (χ3v) is 13.6. The lowest BCUT2D eigenvalue weighted by molar-refractivity contribution is -0.898. The van der Waals surface area contributed by atoms with Crippen molar-refractivity contribution >= 4 is 11.8 Å². The lowest BCUT2D eigenvalue weighted by Crippen LogP contribution is -3.14. The first-order valence-corrected chi connectivity index (χ1v) is 23.0. The highest BCUT2D eigenvalue weighted by atomic mass is 16.7. The maximum absolute atomic E-state index is 13.8. The number of carbonyl (C=O) groups excluding carboxylic acids is 2. The molecule has 0 spiro atoms. The number of rotatable bonds is 13. The van der Waals surface area contributed by atoms with Gasteiger partial charge in [-0.15, -0.1) is 0 Å². The summed E-state index contributed by atoms with van der Waals surface area (Å²) >= 11 is 0. The Kier molecular flexibility index (Phi) is 20.8. The number of hydrogen-bond acceptors (Lipinski definition) is 17. The molecule has 0 unspecified atom stereocenters. The van der Waals surface area contributed by atoms with E-state index < -0.39 is 140 Å². The van der Waals surface area contributed by atoms with Crippen molar-refractivity contribution in [2.24, 2.45) is 23.7 Å². The Morgan fingerprint density at radius 3 is 2.09 bits per heavy atom. The summed E-state index contributed by atoms with van der Waals surface area (Å²) in [5.74, 6) is -3.28. The Balaban J connectivity index is 1.62. The van der Waals surface area contributed by atoms with Crippen LogP contribution in [0.5, 0.6) is 0 Å². The first-order chi connectivity index (χ1) is 30.1. The van der Waals surface area contributed by atoms with E-state index in [4.69, 9.17) is 42.6 Å². The number of esters is 1. The molecule has 0 radical (unpaired) electrons. The molecule has 4 aliphatic heterocycles. The van der Waals surface area contributed by atoms with Crippen LogP contribution in [0.4, 0.5) is 0 Å². The van der Waals surface area contributed by atoms with E-state index in [-0.39, 0.29) is 38.3 Å². The van der Waals surface area contributed by atoms with Crippen LogP contribution in [0.3, 0.4) is 0 Å². The second-order valence-electron chi connectivity index (χ2n) is 19.0. The number of hydrogen-bond donors (Lipinski definition) is 7. The maximum Gasteiger partial charge on any atom is 0.308 e. The van der Waals surface area contributed by atoms with Gasteiger partial charge >= 0.3 is 5.97 Å². The Bertz CT molecular complexity index is 1530. The van der Waals surface area contributed by atoms with Crippen LogP contribution in [0.25, 0.3) is 0 Å². The normalized spacial score (nSPS) is 46.0. The molecule has 4 heterocycles. The molecule has 0 aromatic rings. The van der Waals surface area contributed by atoms with Crippen LogP contribution in [0.15, 0.2) is 23.8 Å². The van der Waals surface area contributed by atoms with Crippen molar-refractivity contribution in [3.63, 3.8) is 0 Å². The third kappa shape index (κ3) is 13.6. The van der Waals surface area contributed by atoms with Gasteiger partial charge in [0.25, 0.3) is 0 Å². The van der Waals surface area contributed by atoms with Gasteiger partial charge in [-0.2, -0.15) is 0 Å². The molecule has 18 nitrogen and oxygen atoms in total. The smallest absolute Gasteiger partial charge is 0.308 e. The fourth-order valence-corrected chi connectivity index (χ4v) is 9.70. The van der Waals surface area contributed by atoms with Gasteiger partial charge in [0, 0.05) is 45.0 Å². The number of quaternary nitrogens is 1. The highest BCUT2D eigenvalue weighted by molar-refractivity contribution is 5.91. The Hall–Kier alpha value is -1.98. The molecule has 7 N–H and O–H groups in total. The Morgan fingerprint density at radius 1 is 0.844 bits per heavy atom. The molecule has 3 saturated heterocycles. The molecule has 3 fully saturated rings. The summed E-state index contributed by atoms with van der Waals surface area (Å²) < 4.78 is 54.9. The van der Waals surface area contributed by atoms with E-state index in [1.54, 1.807) is 40.7 Å². The minimum atomic E-state index is -1.48. The highest BCUT2D eigenvalue weighted by Gasteiger charge is 2.53. The largest absolute Gasteiger partial charge is 0.462 e. The Labute approximate surface area is 379 Å². The molecule has 0 aromatic heterocycles. The molecule has 0 amide bonds. The summed E-state index contributed by atoms with van der Waals surface area (Å²) in [5.41, 5.74) is -0.773. The summed E-state index contributed by atoms with van der Waals surface area (Å²) in [4.78, 5) is 28.3. The second kappa shape index (κ2) is 24.3. The number of ketones is 1. The number of aliphatic hydroxyl groups is 6. The van der Waals surface area contributed by atoms with Crippen LogP contribution in [-0.4, -0.2) is 188 Å². The number of aliphatic hydroxyl groups excluding tert-OH is 5. The minimum Gasteiger partial charge on any atom is -0.462 e. The monoisotopic (exact) mass is 919 g/mol. The maximum atomic E-state index is 13.8. The number of cyclic esters (lactones) is 1. The summed E-state index contributed by atoms with van der Waals surface area (Å²) in [5, 5.41) is 66.2. The van der Waals surface area contributed by atoms with Crippen molar-refractivity contribution in [1.29, 1.82) is 0 Å². The van der Waals surface area contributed by atoms with Crippen LogP contribution < -0.4 is 4.90 Å². The molecule has 21 atom stereocenters. The molecule has 4 aliphatic rings. The van der Waals surface area contributed by atoms with Crippen LogP contribution >= 0.6 is 0 Å². The summed E-state index contributed by atoms with van der Waals surface area (Å²) in [6.07, 6.45) is -8.33. The average Bonchev–Trinajstić information content (AvgIpc) is 3.23. The highest BCUT2D eigenvalue weighted by Crippen LogP contribution is 2.36. The first-order valence-electron chi connectivity index (χ1n) is 23.0. The molecular formula is C46H80NO17+. The second-order valence-corrected chi connectivity index (χ2v) is 19.0. The van der Waals surface area contributed by atoms with Gasteiger partial charge in [-0.05, 0) is 65.9 Å². The van der Waals surface area contributed by atoms with Crippen molar-refractivity contribution < 1.29 is 87.8 Å². The number of methoxy groups -OCH3 is 2. The lowest BCUT2D eigenvalue weighted by atomic mass is 9.79. The van der Waals surface area contributed by atoms with Gasteiger partial charge in [0.1, 0.15) is 42.7 Å². The molecule has 0 bridgehead atoms. The van der Waals surface area contributed by atoms with Crippen LogP contribution in [-0.2, 0) is 52.2 Å². The minimum absolute atomic E-state index is 0.00321. The summed E-state index contributed by atoms with van der Waals surface area (Å²) in [7, 11) is 6.64. The van der Waals surface area contributed by atoms with Gasteiger partial charge in [-0.3, -0.25) is 9.59 Å². The van der Waals surface area contributed by atoms with Crippen molar-refractivity contribution in [1.82, 2.24) is 0 Å². The standard InChI is InChI=1S/C46H79NO17/c1-13-33-30(22-58-45-42(57-12)41(56-11)37(52)26(5)60-45)18-23(2)14-15-31(49)24(3)19-29(16-17-48)39(25(4)32(50)20-34(51)62-33)64-44-38(53)36(47(9)10)40(27(6)61-44)63-35-21-46(8,55)43(54)28(7)59-35/h14-15,18,24-30,32-33,35-45,48,50,52-55H,13,16-17,19-22H2,1-12H3/p+1/b15-14+,23-18+/t24-,25+,26-,27-,28+,29+,30-,32-,33-,35+,36-,37-,38-,39-,40-,41-,42-,43+,44+,45-,46-/m1/s1. The van der Waals surface area contributed by atoms with Gasteiger partial charge < -0.3 is 78.2 Å². The predicted molar refractivity (Wildman–Crippen MR) is 230 cm³/mol. The fraction of sp³-hybridized carbons (Fsp3) is 0.870.